The molecule has 0 radical (unpaired) electrons. The van der Waals surface area contributed by atoms with Gasteiger partial charge in [0.1, 0.15) is 11.5 Å². The first-order valence-corrected chi connectivity index (χ1v) is 8.25. The van der Waals surface area contributed by atoms with Gasteiger partial charge >= 0.3 is 0 Å². The van der Waals surface area contributed by atoms with E-state index in [1.54, 1.807) is 24.3 Å². The molecule has 0 saturated carbocycles. The molecular weight excluding hydrogens is 296 g/mol. The second-order valence-corrected chi connectivity index (χ2v) is 5.58. The van der Waals surface area contributed by atoms with E-state index in [2.05, 4.69) is 19.1 Å². The Bertz CT molecular complexity index is 699. The number of hydrogen-bond donors (Lipinski definition) is 2. The van der Waals surface area contributed by atoms with Crippen LogP contribution in [0.5, 0.6) is 11.5 Å². The average Bonchev–Trinajstić information content (AvgIpc) is 2.65. The lowest BCUT2D eigenvalue weighted by molar-refractivity contribution is 0.474. The molecule has 0 aliphatic rings. The molecule has 0 spiro atoms. The van der Waals surface area contributed by atoms with E-state index in [0.717, 1.165) is 16.7 Å². The number of phenolic OH excluding ortho intramolecular Hbond substituents is 2. The fourth-order valence-corrected chi connectivity index (χ4v) is 2.86. The Morgan fingerprint density at radius 2 is 0.875 bits per heavy atom. The van der Waals surface area contributed by atoms with Gasteiger partial charge in [0.25, 0.3) is 0 Å². The van der Waals surface area contributed by atoms with Gasteiger partial charge in [-0.1, -0.05) is 68.4 Å². The van der Waals surface area contributed by atoms with Gasteiger partial charge in [-0.25, -0.2) is 0 Å². The van der Waals surface area contributed by atoms with Gasteiger partial charge in [-0.15, -0.1) is 0 Å². The van der Waals surface area contributed by atoms with E-state index in [4.69, 9.17) is 0 Å². The summed E-state index contributed by atoms with van der Waals surface area (Å²) in [5, 5.41) is 19.1. The van der Waals surface area contributed by atoms with Crippen molar-refractivity contribution >= 4 is 0 Å². The molecule has 3 rings (SSSR count). The summed E-state index contributed by atoms with van der Waals surface area (Å²) in [5.74, 6) is 0.509. The summed E-state index contributed by atoms with van der Waals surface area (Å²) in [6, 6.07) is 24.8. The van der Waals surface area contributed by atoms with Crippen LogP contribution < -0.4 is 0 Å². The first kappa shape index (κ1) is 17.6. The monoisotopic (exact) mass is 320 g/mol. The normalized spacial score (nSPS) is 10.6. The fraction of sp³-hybridized carbons (Fsp3) is 0.182. The van der Waals surface area contributed by atoms with E-state index in [-0.39, 0.29) is 16.9 Å². The second-order valence-electron chi connectivity index (χ2n) is 5.58. The maximum Gasteiger partial charge on any atom is 0.115 e. The SMILES string of the molecule is CC.CC(c1ccccc1)(c1ccc(O)cc1)c1ccc(O)cc1. The summed E-state index contributed by atoms with van der Waals surface area (Å²) >= 11 is 0. The third kappa shape index (κ3) is 3.43. The zero-order valence-electron chi connectivity index (χ0n) is 14.4. The Morgan fingerprint density at radius 1 is 0.542 bits per heavy atom. The lowest BCUT2D eigenvalue weighted by Gasteiger charge is -2.32. The van der Waals surface area contributed by atoms with Crippen LogP contribution in [0.2, 0.25) is 0 Å². The van der Waals surface area contributed by atoms with Gasteiger partial charge in [0.2, 0.25) is 0 Å². The molecule has 124 valence electrons. The van der Waals surface area contributed by atoms with E-state index < -0.39 is 0 Å². The molecular formula is C22H24O2. The Hall–Kier alpha value is -2.74. The van der Waals surface area contributed by atoms with Crippen molar-refractivity contribution in [3.05, 3.63) is 95.6 Å². The van der Waals surface area contributed by atoms with E-state index in [1.165, 1.54) is 0 Å². The Morgan fingerprint density at radius 3 is 1.25 bits per heavy atom. The number of aromatic hydroxyl groups is 2. The van der Waals surface area contributed by atoms with Gasteiger partial charge in [0.15, 0.2) is 0 Å². The molecule has 2 nitrogen and oxygen atoms in total. The van der Waals surface area contributed by atoms with Crippen molar-refractivity contribution in [2.75, 3.05) is 0 Å². The Balaban J connectivity index is 0.00000100. The van der Waals surface area contributed by atoms with Crippen LogP contribution in [0.15, 0.2) is 78.9 Å². The van der Waals surface area contributed by atoms with Crippen molar-refractivity contribution in [3.8, 4) is 11.5 Å². The minimum absolute atomic E-state index is 0.255. The molecule has 0 aliphatic heterocycles. The zero-order chi connectivity index (χ0) is 17.6. The summed E-state index contributed by atoms with van der Waals surface area (Å²) in [7, 11) is 0. The smallest absolute Gasteiger partial charge is 0.115 e. The number of hydrogen-bond acceptors (Lipinski definition) is 2. The summed E-state index contributed by atoms with van der Waals surface area (Å²) in [5.41, 5.74) is 2.97. The summed E-state index contributed by atoms with van der Waals surface area (Å²) < 4.78 is 0. The Kier molecular flexibility index (Phi) is 5.64. The van der Waals surface area contributed by atoms with Gasteiger partial charge in [0.05, 0.1) is 0 Å². The molecule has 3 aromatic rings. The molecule has 0 heterocycles. The highest BCUT2D eigenvalue weighted by Crippen LogP contribution is 2.39. The first-order chi connectivity index (χ1) is 11.6. The fourth-order valence-electron chi connectivity index (χ4n) is 2.86. The number of phenols is 2. The lowest BCUT2D eigenvalue weighted by atomic mass is 9.71. The largest absolute Gasteiger partial charge is 0.508 e. The molecule has 0 saturated heterocycles. The molecule has 2 heteroatoms. The van der Waals surface area contributed by atoms with Gasteiger partial charge < -0.3 is 10.2 Å². The maximum absolute atomic E-state index is 9.57. The first-order valence-electron chi connectivity index (χ1n) is 8.25. The minimum Gasteiger partial charge on any atom is -0.508 e. The lowest BCUT2D eigenvalue weighted by Crippen LogP contribution is -2.25. The zero-order valence-corrected chi connectivity index (χ0v) is 14.4. The average molecular weight is 320 g/mol. The van der Waals surface area contributed by atoms with Crippen LogP contribution in [0.25, 0.3) is 0 Å². The van der Waals surface area contributed by atoms with Crippen LogP contribution in [-0.4, -0.2) is 10.2 Å². The quantitative estimate of drug-likeness (QED) is 0.627. The summed E-state index contributed by atoms with van der Waals surface area (Å²) in [4.78, 5) is 0. The van der Waals surface area contributed by atoms with Gasteiger partial charge in [0, 0.05) is 5.41 Å². The van der Waals surface area contributed by atoms with Crippen LogP contribution in [0, 0.1) is 0 Å². The highest BCUT2D eigenvalue weighted by molar-refractivity contribution is 5.50. The van der Waals surface area contributed by atoms with Crippen LogP contribution in [-0.2, 0) is 5.41 Å². The van der Waals surface area contributed by atoms with Crippen LogP contribution in [0.3, 0.4) is 0 Å². The molecule has 0 fully saturated rings. The minimum atomic E-state index is -0.358. The molecule has 0 aliphatic carbocycles. The molecule has 0 bridgehead atoms. The van der Waals surface area contributed by atoms with Crippen molar-refractivity contribution in [3.63, 3.8) is 0 Å². The van der Waals surface area contributed by atoms with Crippen molar-refractivity contribution < 1.29 is 10.2 Å². The Labute approximate surface area is 144 Å². The summed E-state index contributed by atoms with van der Waals surface area (Å²) in [6.45, 7) is 6.15. The van der Waals surface area contributed by atoms with Crippen molar-refractivity contribution in [2.45, 2.75) is 26.2 Å². The molecule has 0 atom stereocenters. The van der Waals surface area contributed by atoms with Crippen LogP contribution in [0.1, 0.15) is 37.5 Å². The van der Waals surface area contributed by atoms with Crippen LogP contribution in [0.4, 0.5) is 0 Å². The number of benzene rings is 3. The van der Waals surface area contributed by atoms with Crippen molar-refractivity contribution in [1.82, 2.24) is 0 Å². The van der Waals surface area contributed by atoms with Crippen LogP contribution >= 0.6 is 0 Å². The van der Waals surface area contributed by atoms with E-state index in [1.807, 2.05) is 56.3 Å². The molecule has 3 aromatic carbocycles. The third-order valence-corrected chi connectivity index (χ3v) is 4.24. The second kappa shape index (κ2) is 7.69. The van der Waals surface area contributed by atoms with E-state index in [0.29, 0.717) is 0 Å². The highest BCUT2D eigenvalue weighted by Gasteiger charge is 2.30. The molecule has 0 aromatic heterocycles. The summed E-state index contributed by atoms with van der Waals surface area (Å²) in [6.07, 6.45) is 0. The van der Waals surface area contributed by atoms with Gasteiger partial charge in [-0.05, 0) is 47.9 Å². The predicted octanol–water partition coefficient (Wildman–Crippen LogP) is 5.48. The maximum atomic E-state index is 9.57. The third-order valence-electron chi connectivity index (χ3n) is 4.24. The molecule has 0 amide bonds. The van der Waals surface area contributed by atoms with Gasteiger partial charge in [-0.3, -0.25) is 0 Å². The van der Waals surface area contributed by atoms with Gasteiger partial charge in [-0.2, -0.15) is 0 Å². The van der Waals surface area contributed by atoms with E-state index in [9.17, 15) is 10.2 Å². The van der Waals surface area contributed by atoms with E-state index >= 15 is 0 Å². The van der Waals surface area contributed by atoms with Crippen molar-refractivity contribution in [2.24, 2.45) is 0 Å². The highest BCUT2D eigenvalue weighted by atomic mass is 16.3. The number of rotatable bonds is 3. The molecule has 24 heavy (non-hydrogen) atoms. The predicted molar refractivity (Wildman–Crippen MR) is 99.6 cm³/mol. The molecule has 2 N–H and O–H groups in total. The standard InChI is InChI=1S/C20H18O2.C2H6/c1-20(15-5-3-2-4-6-15,16-7-11-18(21)12-8-16)17-9-13-19(22)14-10-17;1-2/h2-14,21-22H,1H3;1-2H3. The molecule has 0 unspecified atom stereocenters. The topological polar surface area (TPSA) is 40.5 Å². The van der Waals surface area contributed by atoms with Crippen molar-refractivity contribution in [1.29, 1.82) is 0 Å².